The van der Waals surface area contributed by atoms with E-state index in [1.807, 2.05) is 0 Å². The molecule has 0 aromatic heterocycles. The van der Waals surface area contributed by atoms with E-state index in [1.165, 1.54) is 264 Å². The summed E-state index contributed by atoms with van der Waals surface area (Å²) in [5, 5.41) is 0. The van der Waals surface area contributed by atoms with E-state index < -0.39 is 0 Å². The fourth-order valence-corrected chi connectivity index (χ4v) is 7.53. The van der Waals surface area contributed by atoms with Crippen LogP contribution >= 0.6 is 0 Å². The molecule has 0 fully saturated rings. The summed E-state index contributed by atoms with van der Waals surface area (Å²) >= 11 is 0. The molecule has 0 radical (unpaired) electrons. The van der Waals surface area contributed by atoms with Crippen LogP contribution in [-0.4, -0.2) is 50.1 Å². The SMILES string of the molecule is CCCCCCCCC=CCCCCCCCCCCCCN(CCCCCCCCCCCCC=CCCCCCCCC)CCCN(C)C. The summed E-state index contributed by atoms with van der Waals surface area (Å²) in [4.78, 5) is 5.15. The molecule has 0 N–H and O–H groups in total. The van der Waals surface area contributed by atoms with Gasteiger partial charge in [-0.2, -0.15) is 0 Å². The van der Waals surface area contributed by atoms with Crippen molar-refractivity contribution in [3.05, 3.63) is 24.3 Å². The van der Waals surface area contributed by atoms with Gasteiger partial charge in [-0.3, -0.25) is 0 Å². The van der Waals surface area contributed by atoms with Crippen molar-refractivity contribution in [1.82, 2.24) is 9.80 Å². The molecule has 0 unspecified atom stereocenters. The molecule has 2 heteroatoms. The fourth-order valence-electron chi connectivity index (χ4n) is 7.53. The van der Waals surface area contributed by atoms with Crippen molar-refractivity contribution in [1.29, 1.82) is 0 Å². The van der Waals surface area contributed by atoms with Crippen molar-refractivity contribution in [2.24, 2.45) is 0 Å². The predicted octanol–water partition coefficient (Wildman–Crippen LogP) is 16.4. The number of hydrogen-bond donors (Lipinski definition) is 0. The molecule has 2 nitrogen and oxygen atoms in total. The first-order valence-corrected chi connectivity index (χ1v) is 23.9. The fraction of sp³-hybridized carbons (Fsp3) is 0.918. The van der Waals surface area contributed by atoms with Crippen molar-refractivity contribution in [2.45, 2.75) is 251 Å². The van der Waals surface area contributed by atoms with Gasteiger partial charge >= 0.3 is 0 Å². The highest BCUT2D eigenvalue weighted by atomic mass is 15.1. The molecule has 0 bridgehead atoms. The molecule has 0 atom stereocenters. The van der Waals surface area contributed by atoms with E-state index in [1.54, 1.807) is 0 Å². The normalized spacial score (nSPS) is 12.2. The largest absolute Gasteiger partial charge is 0.309 e. The molecule has 51 heavy (non-hydrogen) atoms. The van der Waals surface area contributed by atoms with E-state index in [9.17, 15) is 0 Å². The summed E-state index contributed by atoms with van der Waals surface area (Å²) in [6.45, 7) is 9.78. The van der Waals surface area contributed by atoms with E-state index in [0.717, 1.165) is 0 Å². The van der Waals surface area contributed by atoms with Crippen LogP contribution in [-0.2, 0) is 0 Å². The molecule has 0 aromatic rings. The van der Waals surface area contributed by atoms with Gasteiger partial charge in [0.05, 0.1) is 0 Å². The Balaban J connectivity index is 3.62. The lowest BCUT2D eigenvalue weighted by molar-refractivity contribution is 0.244. The molecule has 0 saturated heterocycles. The summed E-state index contributed by atoms with van der Waals surface area (Å²) in [6.07, 6.45) is 62.1. The zero-order valence-corrected chi connectivity index (χ0v) is 36.2. The van der Waals surface area contributed by atoms with Gasteiger partial charge in [-0.05, 0) is 111 Å². The Morgan fingerprint density at radius 3 is 0.765 bits per heavy atom. The minimum absolute atomic E-state index is 1.22. The zero-order chi connectivity index (χ0) is 37.0. The average Bonchev–Trinajstić information content (AvgIpc) is 3.12. The van der Waals surface area contributed by atoms with Crippen LogP contribution in [0.4, 0.5) is 0 Å². The molecule has 0 aliphatic carbocycles. The monoisotopic (exact) mass is 715 g/mol. The second-order valence-corrected chi connectivity index (χ2v) is 16.7. The third kappa shape index (κ3) is 45.5. The number of rotatable bonds is 44. The summed E-state index contributed by atoms with van der Waals surface area (Å²) in [6, 6.07) is 0. The Morgan fingerprint density at radius 2 is 0.490 bits per heavy atom. The minimum Gasteiger partial charge on any atom is -0.309 e. The zero-order valence-electron chi connectivity index (χ0n) is 36.2. The first-order chi connectivity index (χ1) is 25.2. The van der Waals surface area contributed by atoms with Crippen LogP contribution < -0.4 is 0 Å². The summed E-state index contributed by atoms with van der Waals surface area (Å²) in [5.74, 6) is 0. The van der Waals surface area contributed by atoms with Crippen LogP contribution in [0.25, 0.3) is 0 Å². The summed E-state index contributed by atoms with van der Waals surface area (Å²) in [5.41, 5.74) is 0. The Hall–Kier alpha value is -0.600. The molecule has 304 valence electrons. The van der Waals surface area contributed by atoms with E-state index in [4.69, 9.17) is 0 Å². The first kappa shape index (κ1) is 50.4. The van der Waals surface area contributed by atoms with E-state index in [2.05, 4.69) is 62.0 Å². The molecule has 0 saturated carbocycles. The molecular weight excluding hydrogens is 617 g/mol. The van der Waals surface area contributed by atoms with Gasteiger partial charge in [0.1, 0.15) is 0 Å². The van der Waals surface area contributed by atoms with E-state index in [-0.39, 0.29) is 0 Å². The van der Waals surface area contributed by atoms with Crippen molar-refractivity contribution >= 4 is 0 Å². The van der Waals surface area contributed by atoms with Crippen molar-refractivity contribution in [3.8, 4) is 0 Å². The second kappa shape index (κ2) is 45.6. The van der Waals surface area contributed by atoms with Gasteiger partial charge < -0.3 is 9.80 Å². The predicted molar refractivity (Wildman–Crippen MR) is 235 cm³/mol. The molecule has 0 aromatic carbocycles. The highest BCUT2D eigenvalue weighted by Crippen LogP contribution is 2.15. The second-order valence-electron chi connectivity index (χ2n) is 16.7. The van der Waals surface area contributed by atoms with Crippen LogP contribution in [0, 0.1) is 0 Å². The number of allylic oxidation sites excluding steroid dienone is 4. The lowest BCUT2D eigenvalue weighted by Crippen LogP contribution is -2.29. The van der Waals surface area contributed by atoms with Crippen LogP contribution in [0.15, 0.2) is 24.3 Å². The molecule has 0 aliphatic rings. The quantitative estimate of drug-likeness (QED) is 0.0458. The molecule has 0 heterocycles. The van der Waals surface area contributed by atoms with Crippen molar-refractivity contribution in [3.63, 3.8) is 0 Å². The Morgan fingerprint density at radius 1 is 0.255 bits per heavy atom. The smallest absolute Gasteiger partial charge is 0.000655 e. The van der Waals surface area contributed by atoms with Gasteiger partial charge in [-0.25, -0.2) is 0 Å². The maximum Gasteiger partial charge on any atom is -0.000655 e. The Kier molecular flexibility index (Phi) is 45.0. The van der Waals surface area contributed by atoms with E-state index >= 15 is 0 Å². The van der Waals surface area contributed by atoms with Gasteiger partial charge in [0.25, 0.3) is 0 Å². The summed E-state index contributed by atoms with van der Waals surface area (Å²) < 4.78 is 0. The highest BCUT2D eigenvalue weighted by molar-refractivity contribution is 4.82. The number of unbranched alkanes of at least 4 members (excludes halogenated alkanes) is 32. The first-order valence-electron chi connectivity index (χ1n) is 23.9. The van der Waals surface area contributed by atoms with Crippen molar-refractivity contribution in [2.75, 3.05) is 40.3 Å². The lowest BCUT2D eigenvalue weighted by atomic mass is 10.0. The maximum absolute atomic E-state index is 2.80. The number of hydrogen-bond acceptors (Lipinski definition) is 2. The third-order valence-electron chi connectivity index (χ3n) is 11.1. The Labute approximate surface area is 324 Å². The highest BCUT2D eigenvalue weighted by Gasteiger charge is 2.05. The Bertz CT molecular complexity index is 617. The van der Waals surface area contributed by atoms with E-state index in [0.29, 0.717) is 0 Å². The van der Waals surface area contributed by atoms with Crippen molar-refractivity contribution < 1.29 is 0 Å². The molecule has 0 aliphatic heterocycles. The third-order valence-corrected chi connectivity index (χ3v) is 11.1. The van der Waals surface area contributed by atoms with Crippen LogP contribution in [0.1, 0.15) is 251 Å². The van der Waals surface area contributed by atoms with Gasteiger partial charge in [0.15, 0.2) is 0 Å². The average molecular weight is 715 g/mol. The summed E-state index contributed by atoms with van der Waals surface area (Å²) in [7, 11) is 4.44. The molecule has 0 rings (SSSR count). The van der Waals surface area contributed by atoms with Gasteiger partial charge in [-0.15, -0.1) is 0 Å². The molecule has 0 spiro atoms. The van der Waals surface area contributed by atoms with Gasteiger partial charge in [0, 0.05) is 0 Å². The lowest BCUT2D eigenvalue weighted by Gasteiger charge is -2.23. The molecule has 0 amide bonds. The van der Waals surface area contributed by atoms with Gasteiger partial charge in [0.2, 0.25) is 0 Å². The molecular formula is C49H98N2. The van der Waals surface area contributed by atoms with Gasteiger partial charge in [-0.1, -0.05) is 205 Å². The maximum atomic E-state index is 2.80. The van der Waals surface area contributed by atoms with Crippen LogP contribution in [0.5, 0.6) is 0 Å². The minimum atomic E-state index is 1.22. The standard InChI is InChI=1S/C49H98N2/c1-5-7-9-11-13-15-17-19-21-23-25-27-29-31-33-35-37-39-41-43-47-51(49-45-46-50(3)4)48-44-42-40-38-36-34-32-30-28-26-24-22-20-18-16-14-12-10-8-6-2/h19-22H,5-18,23-49H2,1-4H3. The van der Waals surface area contributed by atoms with Crippen LogP contribution in [0.3, 0.4) is 0 Å². The number of nitrogens with zero attached hydrogens (tertiary/aromatic N) is 2. The topological polar surface area (TPSA) is 6.48 Å². The van der Waals surface area contributed by atoms with Crippen LogP contribution in [0.2, 0.25) is 0 Å².